The highest BCUT2D eigenvalue weighted by Gasteiger charge is 2.02. The van der Waals surface area contributed by atoms with Crippen molar-refractivity contribution in [3.05, 3.63) is 41.7 Å². The molecule has 0 atom stereocenters. The molecule has 0 fully saturated rings. The van der Waals surface area contributed by atoms with E-state index in [0.29, 0.717) is 24.9 Å². The lowest BCUT2D eigenvalue weighted by molar-refractivity contribution is 0.340. The van der Waals surface area contributed by atoms with Crippen LogP contribution in [0.3, 0.4) is 0 Å². The van der Waals surface area contributed by atoms with Crippen LogP contribution in [0.4, 0.5) is 5.82 Å². The second-order valence-electron chi connectivity index (χ2n) is 4.28. The number of nitrogens with zero attached hydrogens (tertiary/aromatic N) is 2. The van der Waals surface area contributed by atoms with Crippen molar-refractivity contribution in [3.63, 3.8) is 0 Å². The van der Waals surface area contributed by atoms with E-state index < -0.39 is 0 Å². The number of hydrogen-bond acceptors (Lipinski definition) is 5. The van der Waals surface area contributed by atoms with Gasteiger partial charge in [0, 0.05) is 12.6 Å². The quantitative estimate of drug-likeness (QED) is 0.877. The molecule has 0 spiro atoms. The average molecular weight is 273 g/mol. The molecule has 1 aromatic carbocycles. The minimum absolute atomic E-state index is 0.558. The minimum Gasteiger partial charge on any atom is -0.494 e. The number of ether oxygens (including phenoxy) is 2. The summed E-state index contributed by atoms with van der Waals surface area (Å²) < 4.78 is 10.6. The van der Waals surface area contributed by atoms with E-state index in [9.17, 15) is 0 Å². The number of nitrogens with one attached hydrogen (secondary N) is 1. The Hall–Kier alpha value is -2.30. The van der Waals surface area contributed by atoms with Crippen molar-refractivity contribution in [1.29, 1.82) is 0 Å². The van der Waals surface area contributed by atoms with Gasteiger partial charge in [-0.2, -0.15) is 4.98 Å². The fraction of sp³-hybridized carbons (Fsp3) is 0.333. The molecule has 5 nitrogen and oxygen atoms in total. The molecule has 0 amide bonds. The number of anilines is 1. The molecule has 2 aromatic rings. The molecule has 0 aliphatic carbocycles. The molecule has 1 N–H and O–H groups in total. The van der Waals surface area contributed by atoms with Gasteiger partial charge in [0.2, 0.25) is 5.88 Å². The second kappa shape index (κ2) is 6.75. The van der Waals surface area contributed by atoms with Crippen molar-refractivity contribution in [1.82, 2.24) is 9.97 Å². The number of benzene rings is 1. The van der Waals surface area contributed by atoms with Gasteiger partial charge in [-0.1, -0.05) is 12.1 Å². The second-order valence-corrected chi connectivity index (χ2v) is 4.28. The summed E-state index contributed by atoms with van der Waals surface area (Å²) >= 11 is 0. The first-order valence-electron chi connectivity index (χ1n) is 6.56. The number of methoxy groups -OCH3 is 1. The molecule has 0 bridgehead atoms. The zero-order valence-corrected chi connectivity index (χ0v) is 12.0. The van der Waals surface area contributed by atoms with Crippen LogP contribution < -0.4 is 14.8 Å². The molecule has 0 saturated heterocycles. The van der Waals surface area contributed by atoms with Crippen LogP contribution in [0.25, 0.3) is 0 Å². The van der Waals surface area contributed by atoms with Crippen molar-refractivity contribution in [3.8, 4) is 11.6 Å². The Bertz CT molecular complexity index is 573. The Morgan fingerprint density at radius 1 is 1.20 bits per heavy atom. The van der Waals surface area contributed by atoms with Crippen LogP contribution in [0.5, 0.6) is 11.6 Å². The maximum Gasteiger partial charge on any atom is 0.218 e. The summed E-state index contributed by atoms with van der Waals surface area (Å²) in [7, 11) is 1.59. The zero-order valence-electron chi connectivity index (χ0n) is 12.0. The number of rotatable bonds is 6. The van der Waals surface area contributed by atoms with Gasteiger partial charge in [-0.15, -0.1) is 0 Å². The summed E-state index contributed by atoms with van der Waals surface area (Å²) in [6.45, 7) is 5.14. The third-order valence-electron chi connectivity index (χ3n) is 2.71. The van der Waals surface area contributed by atoms with E-state index in [2.05, 4.69) is 15.3 Å². The molecule has 106 valence electrons. The first kappa shape index (κ1) is 14.1. The van der Waals surface area contributed by atoms with Gasteiger partial charge in [-0.25, -0.2) is 4.98 Å². The Labute approximate surface area is 119 Å². The normalized spacial score (nSPS) is 10.2. The van der Waals surface area contributed by atoms with E-state index in [4.69, 9.17) is 9.47 Å². The maximum atomic E-state index is 5.48. The lowest BCUT2D eigenvalue weighted by Gasteiger charge is -2.09. The predicted octanol–water partition coefficient (Wildman–Crippen LogP) is 2.80. The zero-order chi connectivity index (χ0) is 14.4. The summed E-state index contributed by atoms with van der Waals surface area (Å²) in [4.78, 5) is 8.47. The van der Waals surface area contributed by atoms with E-state index in [1.54, 1.807) is 13.2 Å². The van der Waals surface area contributed by atoms with Gasteiger partial charge in [-0.3, -0.25) is 0 Å². The maximum absolute atomic E-state index is 5.48. The van der Waals surface area contributed by atoms with Crippen LogP contribution in [-0.4, -0.2) is 23.7 Å². The molecular weight excluding hydrogens is 254 g/mol. The summed E-state index contributed by atoms with van der Waals surface area (Å²) in [5.41, 5.74) is 1.13. The monoisotopic (exact) mass is 273 g/mol. The van der Waals surface area contributed by atoms with E-state index >= 15 is 0 Å². The SMILES string of the molecule is CCOc1cccc(CNc2cc(OC)nc(C)n2)c1. The van der Waals surface area contributed by atoms with E-state index in [1.807, 2.05) is 38.1 Å². The molecule has 1 aromatic heterocycles. The highest BCUT2D eigenvalue weighted by molar-refractivity contribution is 5.40. The Morgan fingerprint density at radius 3 is 2.80 bits per heavy atom. The van der Waals surface area contributed by atoms with E-state index in [0.717, 1.165) is 17.1 Å². The van der Waals surface area contributed by atoms with Crippen molar-refractivity contribution in [2.24, 2.45) is 0 Å². The van der Waals surface area contributed by atoms with Gasteiger partial charge in [0.05, 0.1) is 13.7 Å². The van der Waals surface area contributed by atoms with Gasteiger partial charge in [0.25, 0.3) is 0 Å². The molecule has 5 heteroatoms. The number of aromatic nitrogens is 2. The molecule has 20 heavy (non-hydrogen) atoms. The van der Waals surface area contributed by atoms with Gasteiger partial charge in [0.15, 0.2) is 0 Å². The highest BCUT2D eigenvalue weighted by Crippen LogP contribution is 2.16. The standard InChI is InChI=1S/C15H19N3O2/c1-4-20-13-7-5-6-12(8-13)10-16-14-9-15(19-3)18-11(2)17-14/h5-9H,4,10H2,1-3H3,(H,16,17,18). The molecule has 0 radical (unpaired) electrons. The summed E-state index contributed by atoms with van der Waals surface area (Å²) in [5.74, 6) is 2.86. The van der Waals surface area contributed by atoms with E-state index in [1.165, 1.54) is 0 Å². The first-order chi connectivity index (χ1) is 9.71. The summed E-state index contributed by atoms with van der Waals surface area (Å²) in [5, 5.41) is 3.26. The van der Waals surface area contributed by atoms with Gasteiger partial charge < -0.3 is 14.8 Å². The summed E-state index contributed by atoms with van der Waals surface area (Å²) in [6, 6.07) is 9.76. The molecule has 0 saturated carbocycles. The minimum atomic E-state index is 0.558. The lowest BCUT2D eigenvalue weighted by Crippen LogP contribution is -2.04. The molecule has 0 aliphatic heterocycles. The molecule has 0 aliphatic rings. The van der Waals surface area contributed by atoms with Gasteiger partial charge >= 0.3 is 0 Å². The predicted molar refractivity (Wildman–Crippen MR) is 78.3 cm³/mol. The molecule has 1 heterocycles. The van der Waals surface area contributed by atoms with Crippen LogP contribution in [0, 0.1) is 6.92 Å². The van der Waals surface area contributed by atoms with Crippen LogP contribution in [0.1, 0.15) is 18.3 Å². The highest BCUT2D eigenvalue weighted by atomic mass is 16.5. The first-order valence-corrected chi connectivity index (χ1v) is 6.56. The van der Waals surface area contributed by atoms with Crippen molar-refractivity contribution in [2.75, 3.05) is 19.0 Å². The van der Waals surface area contributed by atoms with Gasteiger partial charge in [0.1, 0.15) is 17.4 Å². The summed E-state index contributed by atoms with van der Waals surface area (Å²) in [6.07, 6.45) is 0. The third-order valence-corrected chi connectivity index (χ3v) is 2.71. The Morgan fingerprint density at radius 2 is 2.05 bits per heavy atom. The fourth-order valence-corrected chi connectivity index (χ4v) is 1.84. The van der Waals surface area contributed by atoms with Gasteiger partial charge in [-0.05, 0) is 31.5 Å². The number of aryl methyl sites for hydroxylation is 1. The van der Waals surface area contributed by atoms with Crippen molar-refractivity contribution < 1.29 is 9.47 Å². The molecular formula is C15H19N3O2. The smallest absolute Gasteiger partial charge is 0.218 e. The van der Waals surface area contributed by atoms with Crippen LogP contribution >= 0.6 is 0 Å². The largest absolute Gasteiger partial charge is 0.494 e. The van der Waals surface area contributed by atoms with Crippen molar-refractivity contribution >= 4 is 5.82 Å². The Kier molecular flexibility index (Phi) is 4.76. The fourth-order valence-electron chi connectivity index (χ4n) is 1.84. The number of hydrogen-bond donors (Lipinski definition) is 1. The topological polar surface area (TPSA) is 56.3 Å². The lowest BCUT2D eigenvalue weighted by atomic mass is 10.2. The molecule has 2 rings (SSSR count). The molecule has 0 unspecified atom stereocenters. The van der Waals surface area contributed by atoms with E-state index in [-0.39, 0.29) is 0 Å². The third kappa shape index (κ3) is 3.85. The van der Waals surface area contributed by atoms with Crippen LogP contribution in [0.15, 0.2) is 30.3 Å². The Balaban J connectivity index is 2.04. The van der Waals surface area contributed by atoms with Crippen molar-refractivity contribution in [2.45, 2.75) is 20.4 Å². The van der Waals surface area contributed by atoms with Crippen LogP contribution in [-0.2, 0) is 6.54 Å². The average Bonchev–Trinajstić information content (AvgIpc) is 2.45. The van der Waals surface area contributed by atoms with Crippen LogP contribution in [0.2, 0.25) is 0 Å².